The lowest BCUT2D eigenvalue weighted by molar-refractivity contribution is -0.121. The largest absolute Gasteiger partial charge is 0.435 e. The van der Waals surface area contributed by atoms with E-state index in [2.05, 4.69) is 15.4 Å². The highest BCUT2D eigenvalue weighted by molar-refractivity contribution is 5.77. The molecule has 0 aliphatic heterocycles. The summed E-state index contributed by atoms with van der Waals surface area (Å²) in [4.78, 5) is 22.0. The Morgan fingerprint density at radius 1 is 1.14 bits per heavy atom. The number of hydrogen-bond donors (Lipinski definition) is 2. The highest BCUT2D eigenvalue weighted by atomic mass is 19.3. The van der Waals surface area contributed by atoms with Gasteiger partial charge < -0.3 is 15.4 Å². The molecule has 0 fully saturated rings. The predicted molar refractivity (Wildman–Crippen MR) is 73.1 cm³/mol. The molecule has 0 saturated carbocycles. The Labute approximate surface area is 121 Å². The van der Waals surface area contributed by atoms with Crippen LogP contribution in [0.5, 0.6) is 5.75 Å². The first-order valence-corrected chi connectivity index (χ1v) is 6.52. The maximum atomic E-state index is 12.0. The van der Waals surface area contributed by atoms with E-state index in [9.17, 15) is 18.4 Å². The summed E-state index contributed by atoms with van der Waals surface area (Å²) in [5.41, 5.74) is 0.902. The predicted octanol–water partition coefficient (Wildman–Crippen LogP) is 1.47. The first-order chi connectivity index (χ1) is 9.97. The van der Waals surface area contributed by atoms with Crippen LogP contribution in [0.2, 0.25) is 0 Å². The normalized spacial score (nSPS) is 10.3. The maximum Gasteiger partial charge on any atom is 0.387 e. The van der Waals surface area contributed by atoms with Gasteiger partial charge in [0.05, 0.1) is 0 Å². The summed E-state index contributed by atoms with van der Waals surface area (Å²) < 4.78 is 28.2. The molecule has 0 aliphatic carbocycles. The minimum Gasteiger partial charge on any atom is -0.435 e. The smallest absolute Gasteiger partial charge is 0.387 e. The Hall–Kier alpha value is -2.18. The topological polar surface area (TPSA) is 67.4 Å². The molecule has 0 aromatic heterocycles. The summed E-state index contributed by atoms with van der Waals surface area (Å²) in [5.74, 6) is -0.219. The lowest BCUT2D eigenvalue weighted by Gasteiger charge is -2.07. The third kappa shape index (κ3) is 7.86. The highest BCUT2D eigenvalue weighted by Crippen LogP contribution is 2.14. The highest BCUT2D eigenvalue weighted by Gasteiger charge is 2.04. The Morgan fingerprint density at radius 3 is 2.38 bits per heavy atom. The third-order valence-electron chi connectivity index (χ3n) is 2.61. The number of carbonyl (C=O) groups is 2. The van der Waals surface area contributed by atoms with Crippen molar-refractivity contribution >= 4 is 11.8 Å². The van der Waals surface area contributed by atoms with E-state index in [1.165, 1.54) is 19.1 Å². The number of alkyl halides is 2. The summed E-state index contributed by atoms with van der Waals surface area (Å²) in [7, 11) is 0. The zero-order valence-electron chi connectivity index (χ0n) is 11.7. The Balaban J connectivity index is 2.23. The standard InChI is InChI=1S/C14H18F2N2O3/c1-10(19)17-9-7-13(20)18-8-6-11-2-4-12(5-3-11)21-14(15)16/h2-5,14H,6-9H2,1H3,(H,17,19)(H,18,20). The van der Waals surface area contributed by atoms with Crippen molar-refractivity contribution in [3.05, 3.63) is 29.8 Å². The molecule has 2 N–H and O–H groups in total. The van der Waals surface area contributed by atoms with Crippen LogP contribution in [0.1, 0.15) is 18.9 Å². The molecule has 0 aliphatic rings. The van der Waals surface area contributed by atoms with E-state index in [1.807, 2.05) is 0 Å². The minimum absolute atomic E-state index is 0.105. The number of halogens is 2. The molecule has 2 amide bonds. The zero-order valence-corrected chi connectivity index (χ0v) is 11.7. The molecular weight excluding hydrogens is 282 g/mol. The van der Waals surface area contributed by atoms with Crippen LogP contribution < -0.4 is 15.4 Å². The van der Waals surface area contributed by atoms with Crippen LogP contribution >= 0.6 is 0 Å². The molecule has 0 atom stereocenters. The van der Waals surface area contributed by atoms with E-state index in [0.29, 0.717) is 19.5 Å². The number of benzene rings is 1. The van der Waals surface area contributed by atoms with Gasteiger partial charge in [0, 0.05) is 26.4 Å². The van der Waals surface area contributed by atoms with Gasteiger partial charge in [-0.1, -0.05) is 12.1 Å². The second-order valence-corrected chi connectivity index (χ2v) is 4.36. The van der Waals surface area contributed by atoms with Gasteiger partial charge in [-0.3, -0.25) is 9.59 Å². The van der Waals surface area contributed by atoms with Crippen molar-refractivity contribution in [2.24, 2.45) is 0 Å². The van der Waals surface area contributed by atoms with Gasteiger partial charge in [-0.05, 0) is 24.1 Å². The van der Waals surface area contributed by atoms with Gasteiger partial charge in [0.25, 0.3) is 0 Å². The summed E-state index contributed by atoms with van der Waals surface area (Å²) >= 11 is 0. The molecule has 0 saturated heterocycles. The molecule has 5 nitrogen and oxygen atoms in total. The van der Waals surface area contributed by atoms with E-state index in [4.69, 9.17) is 0 Å². The van der Waals surface area contributed by atoms with Crippen LogP contribution in [0.4, 0.5) is 8.78 Å². The molecule has 116 valence electrons. The van der Waals surface area contributed by atoms with Crippen LogP contribution in [-0.2, 0) is 16.0 Å². The SMILES string of the molecule is CC(=O)NCCC(=O)NCCc1ccc(OC(F)F)cc1. The molecular formula is C14H18F2N2O3. The Kier molecular flexibility index (Phi) is 7.14. The van der Waals surface area contributed by atoms with Gasteiger partial charge in [-0.2, -0.15) is 8.78 Å². The summed E-state index contributed by atoms with van der Waals surface area (Å²) in [6, 6.07) is 6.25. The number of carbonyl (C=O) groups excluding carboxylic acids is 2. The number of nitrogens with one attached hydrogen (secondary N) is 2. The molecule has 0 bridgehead atoms. The molecule has 1 aromatic rings. The molecule has 0 heterocycles. The monoisotopic (exact) mass is 300 g/mol. The molecule has 21 heavy (non-hydrogen) atoms. The number of hydrogen-bond acceptors (Lipinski definition) is 3. The third-order valence-corrected chi connectivity index (χ3v) is 2.61. The fourth-order valence-corrected chi connectivity index (χ4v) is 1.62. The molecule has 1 aromatic carbocycles. The summed E-state index contributed by atoms with van der Waals surface area (Å²) in [6.45, 7) is -0.701. The van der Waals surface area contributed by atoms with Crippen LogP contribution in [0.25, 0.3) is 0 Å². The van der Waals surface area contributed by atoms with Crippen molar-refractivity contribution in [3.8, 4) is 5.75 Å². The molecule has 1 rings (SSSR count). The van der Waals surface area contributed by atoms with E-state index >= 15 is 0 Å². The van der Waals surface area contributed by atoms with E-state index < -0.39 is 6.61 Å². The lowest BCUT2D eigenvalue weighted by Crippen LogP contribution is -2.30. The quantitative estimate of drug-likeness (QED) is 0.764. The first kappa shape index (κ1) is 16.9. The first-order valence-electron chi connectivity index (χ1n) is 6.52. The van der Waals surface area contributed by atoms with Gasteiger partial charge in [-0.25, -0.2) is 0 Å². The van der Waals surface area contributed by atoms with Crippen molar-refractivity contribution in [1.82, 2.24) is 10.6 Å². The maximum absolute atomic E-state index is 12.0. The second-order valence-electron chi connectivity index (χ2n) is 4.36. The van der Waals surface area contributed by atoms with Crippen molar-refractivity contribution in [2.75, 3.05) is 13.1 Å². The average molecular weight is 300 g/mol. The number of ether oxygens (including phenoxy) is 1. The second kappa shape index (κ2) is 8.89. The van der Waals surface area contributed by atoms with E-state index in [-0.39, 0.29) is 24.0 Å². The van der Waals surface area contributed by atoms with E-state index in [1.54, 1.807) is 12.1 Å². The van der Waals surface area contributed by atoms with Crippen molar-refractivity contribution < 1.29 is 23.1 Å². The van der Waals surface area contributed by atoms with Gasteiger partial charge in [-0.15, -0.1) is 0 Å². The van der Waals surface area contributed by atoms with Gasteiger partial charge in [0.2, 0.25) is 11.8 Å². The van der Waals surface area contributed by atoms with Crippen molar-refractivity contribution in [2.45, 2.75) is 26.4 Å². The number of rotatable bonds is 8. The van der Waals surface area contributed by atoms with Gasteiger partial charge in [0.15, 0.2) is 0 Å². The number of amides is 2. The van der Waals surface area contributed by atoms with Crippen LogP contribution in [-0.4, -0.2) is 31.5 Å². The van der Waals surface area contributed by atoms with Crippen molar-refractivity contribution in [1.29, 1.82) is 0 Å². The van der Waals surface area contributed by atoms with Crippen LogP contribution in [0.3, 0.4) is 0 Å². The van der Waals surface area contributed by atoms with Gasteiger partial charge in [0.1, 0.15) is 5.75 Å². The fraction of sp³-hybridized carbons (Fsp3) is 0.429. The zero-order chi connectivity index (χ0) is 15.7. The van der Waals surface area contributed by atoms with Crippen LogP contribution in [0.15, 0.2) is 24.3 Å². The summed E-state index contributed by atoms with van der Waals surface area (Å²) in [5, 5.41) is 5.24. The molecule has 7 heteroatoms. The lowest BCUT2D eigenvalue weighted by atomic mass is 10.1. The molecule has 0 spiro atoms. The minimum atomic E-state index is -2.83. The van der Waals surface area contributed by atoms with Gasteiger partial charge >= 0.3 is 6.61 Å². The molecule has 0 unspecified atom stereocenters. The Morgan fingerprint density at radius 2 is 1.81 bits per heavy atom. The van der Waals surface area contributed by atoms with Crippen molar-refractivity contribution in [3.63, 3.8) is 0 Å². The van der Waals surface area contributed by atoms with Crippen LogP contribution in [0, 0.1) is 0 Å². The average Bonchev–Trinajstić information content (AvgIpc) is 2.39. The van der Waals surface area contributed by atoms with E-state index in [0.717, 1.165) is 5.56 Å². The summed E-state index contributed by atoms with van der Waals surface area (Å²) in [6.07, 6.45) is 0.807. The Bertz CT molecular complexity index is 464. The molecule has 0 radical (unpaired) electrons. The fourth-order valence-electron chi connectivity index (χ4n) is 1.62.